The van der Waals surface area contributed by atoms with E-state index in [0.717, 1.165) is 50.5 Å². The summed E-state index contributed by atoms with van der Waals surface area (Å²) in [6.45, 7) is 7.09. The fourth-order valence-corrected chi connectivity index (χ4v) is 5.83. The Morgan fingerprint density at radius 1 is 1.02 bits per heavy atom. The number of ether oxygens (including phenoxy) is 3. The first kappa shape index (κ1) is 29.9. The number of aromatic nitrogens is 3. The molecule has 1 fully saturated rings. The van der Waals surface area contributed by atoms with Crippen LogP contribution in [0.1, 0.15) is 44.5 Å². The van der Waals surface area contributed by atoms with E-state index in [1.54, 1.807) is 18.0 Å². The maximum Gasteiger partial charge on any atom is 0.410 e. The van der Waals surface area contributed by atoms with Gasteiger partial charge < -0.3 is 24.8 Å². The van der Waals surface area contributed by atoms with Gasteiger partial charge in [0.15, 0.2) is 0 Å². The maximum absolute atomic E-state index is 12.6. The fourth-order valence-electron chi connectivity index (χ4n) is 5.83. The van der Waals surface area contributed by atoms with E-state index >= 15 is 0 Å². The van der Waals surface area contributed by atoms with Gasteiger partial charge in [-0.25, -0.2) is 9.78 Å². The molecule has 3 heterocycles. The van der Waals surface area contributed by atoms with Gasteiger partial charge in [0.05, 0.1) is 30.7 Å². The number of para-hydroxylation sites is 1. The number of nitrogens with two attached hydrogens (primary N) is 1. The molecule has 0 unspecified atom stereocenters. The number of nitrogens with zero attached hydrogens (tertiary/aromatic N) is 4. The number of esters is 1. The van der Waals surface area contributed by atoms with Gasteiger partial charge in [0.2, 0.25) is 0 Å². The van der Waals surface area contributed by atoms with Gasteiger partial charge in [0.1, 0.15) is 23.9 Å². The number of carbonyl (C=O) groups is 2. The predicted octanol–water partition coefficient (Wildman–Crippen LogP) is 6.31. The van der Waals surface area contributed by atoms with Crippen LogP contribution >= 0.6 is 0 Å². The van der Waals surface area contributed by atoms with Gasteiger partial charge in [-0.3, -0.25) is 9.48 Å². The van der Waals surface area contributed by atoms with E-state index in [9.17, 15) is 9.59 Å². The quantitative estimate of drug-likeness (QED) is 0.194. The molecule has 1 aliphatic rings. The van der Waals surface area contributed by atoms with Crippen LogP contribution in [-0.4, -0.2) is 57.5 Å². The minimum absolute atomic E-state index is 0.0190. The van der Waals surface area contributed by atoms with Gasteiger partial charge in [0.25, 0.3) is 0 Å². The number of rotatable bonds is 9. The summed E-state index contributed by atoms with van der Waals surface area (Å²) < 4.78 is 18.9. The highest BCUT2D eigenvalue weighted by Gasteiger charge is 2.31. The van der Waals surface area contributed by atoms with E-state index in [0.29, 0.717) is 31.3 Å². The lowest BCUT2D eigenvalue weighted by atomic mass is 10.00. The molecular weight excluding hydrogens is 570 g/mol. The van der Waals surface area contributed by atoms with Gasteiger partial charge in [0, 0.05) is 35.6 Å². The van der Waals surface area contributed by atoms with Crippen molar-refractivity contribution in [2.75, 3.05) is 25.4 Å². The molecule has 0 spiro atoms. The second-order valence-corrected chi connectivity index (χ2v) is 11.5. The Labute approximate surface area is 261 Å². The van der Waals surface area contributed by atoms with E-state index in [1.165, 1.54) is 0 Å². The first-order chi connectivity index (χ1) is 21.8. The summed E-state index contributed by atoms with van der Waals surface area (Å²) in [7, 11) is 0. The second-order valence-electron chi connectivity index (χ2n) is 11.5. The van der Waals surface area contributed by atoms with Crippen molar-refractivity contribution < 1.29 is 23.8 Å². The van der Waals surface area contributed by atoms with E-state index in [1.807, 2.05) is 54.9 Å². The normalized spacial score (nSPS) is 14.8. The highest BCUT2D eigenvalue weighted by Crippen LogP contribution is 2.34. The molecule has 0 radical (unpaired) electrons. The van der Waals surface area contributed by atoms with Crippen LogP contribution in [0.25, 0.3) is 32.8 Å². The lowest BCUT2D eigenvalue weighted by molar-refractivity contribution is -0.142. The van der Waals surface area contributed by atoms with Crippen LogP contribution in [0, 0.1) is 0 Å². The van der Waals surface area contributed by atoms with Crippen LogP contribution < -0.4 is 10.5 Å². The van der Waals surface area contributed by atoms with Gasteiger partial charge in [-0.15, -0.1) is 0 Å². The lowest BCUT2D eigenvalue weighted by Gasteiger charge is -2.18. The van der Waals surface area contributed by atoms with Crippen LogP contribution in [0.4, 0.5) is 10.6 Å². The number of pyridine rings is 1. The molecule has 1 aliphatic heterocycles. The summed E-state index contributed by atoms with van der Waals surface area (Å²) >= 11 is 0. The third kappa shape index (κ3) is 6.40. The zero-order chi connectivity index (χ0) is 31.5. The highest BCUT2D eigenvalue weighted by molar-refractivity contribution is 5.95. The molecule has 6 rings (SSSR count). The van der Waals surface area contributed by atoms with Crippen molar-refractivity contribution >= 4 is 39.6 Å². The monoisotopic (exact) mass is 607 g/mol. The average molecular weight is 608 g/mol. The molecule has 3 aromatic carbocycles. The first-order valence-electron chi connectivity index (χ1n) is 15.3. The molecule has 0 bridgehead atoms. The zero-order valence-electron chi connectivity index (χ0n) is 25.7. The molecule has 10 nitrogen and oxygen atoms in total. The third-order valence-electron chi connectivity index (χ3n) is 7.99. The molecular formula is C35H37N5O5. The summed E-state index contributed by atoms with van der Waals surface area (Å²) in [6, 6.07) is 21.8. The number of fused-ring (bicyclic) bond motifs is 2. The Morgan fingerprint density at radius 2 is 1.80 bits per heavy atom. The highest BCUT2D eigenvalue weighted by atomic mass is 16.6. The van der Waals surface area contributed by atoms with Crippen molar-refractivity contribution in [2.24, 2.45) is 0 Å². The Bertz CT molecular complexity index is 1870. The van der Waals surface area contributed by atoms with Crippen molar-refractivity contribution in [3.05, 3.63) is 84.2 Å². The number of amides is 1. The molecule has 45 heavy (non-hydrogen) atoms. The Morgan fingerprint density at radius 3 is 2.60 bits per heavy atom. The van der Waals surface area contributed by atoms with Gasteiger partial charge in [-0.1, -0.05) is 36.4 Å². The number of nitrogen functional groups attached to an aromatic ring is 1. The molecule has 0 aliphatic carbocycles. The van der Waals surface area contributed by atoms with Gasteiger partial charge in [-0.2, -0.15) is 5.10 Å². The molecule has 10 heteroatoms. The van der Waals surface area contributed by atoms with E-state index < -0.39 is 0 Å². The van der Waals surface area contributed by atoms with Gasteiger partial charge in [-0.05, 0) is 74.0 Å². The smallest absolute Gasteiger partial charge is 0.410 e. The van der Waals surface area contributed by atoms with Crippen molar-refractivity contribution in [2.45, 2.75) is 52.4 Å². The number of benzene rings is 3. The molecule has 2 N–H and O–H groups in total. The average Bonchev–Trinajstić information content (AvgIpc) is 3.66. The standard InChI is InChI=1S/C35H37N5O5/c1-4-43-33(41)19-26-7-5-6-8-32(26)44-21-30-29-18-25(24-10-9-23-13-15-37-34(36)28(23)17-24)11-12-31(29)40(38-30)27-14-16-39(20-27)35(42)45-22(2)3/h5-13,15,17-18,22,27H,4,14,16,19-21H2,1-3H3,(H2,36,37)/t27-/m1/s1. The molecule has 5 aromatic rings. The van der Waals surface area contributed by atoms with Crippen molar-refractivity contribution in [3.8, 4) is 16.9 Å². The number of likely N-dealkylation sites (tertiary alicyclic amines) is 1. The maximum atomic E-state index is 12.6. The zero-order valence-corrected chi connectivity index (χ0v) is 25.7. The van der Waals surface area contributed by atoms with E-state index in [-0.39, 0.29) is 37.2 Å². The summed E-state index contributed by atoms with van der Waals surface area (Å²) in [5.74, 6) is 0.784. The molecule has 1 amide bonds. The largest absolute Gasteiger partial charge is 0.487 e. The Kier molecular flexibility index (Phi) is 8.55. The molecule has 1 saturated heterocycles. The lowest BCUT2D eigenvalue weighted by Crippen LogP contribution is -2.31. The number of hydrogen-bond donors (Lipinski definition) is 1. The topological polar surface area (TPSA) is 122 Å². The molecule has 0 saturated carbocycles. The van der Waals surface area contributed by atoms with Crippen molar-refractivity contribution in [3.63, 3.8) is 0 Å². The van der Waals surface area contributed by atoms with Crippen molar-refractivity contribution in [1.82, 2.24) is 19.7 Å². The van der Waals surface area contributed by atoms with Crippen LogP contribution in [0.2, 0.25) is 0 Å². The molecule has 232 valence electrons. The summed E-state index contributed by atoms with van der Waals surface area (Å²) in [4.78, 5) is 30.9. The van der Waals surface area contributed by atoms with Crippen LogP contribution in [0.15, 0.2) is 72.9 Å². The third-order valence-corrected chi connectivity index (χ3v) is 7.99. The summed E-state index contributed by atoms with van der Waals surface area (Å²) in [5, 5.41) is 7.91. The van der Waals surface area contributed by atoms with Crippen LogP contribution in [0.5, 0.6) is 5.75 Å². The number of hydrogen-bond acceptors (Lipinski definition) is 8. The van der Waals surface area contributed by atoms with Crippen molar-refractivity contribution in [1.29, 1.82) is 0 Å². The minimum Gasteiger partial charge on any atom is -0.487 e. The summed E-state index contributed by atoms with van der Waals surface area (Å²) in [6.07, 6.45) is 2.09. The van der Waals surface area contributed by atoms with Gasteiger partial charge >= 0.3 is 12.1 Å². The SMILES string of the molecule is CCOC(=O)Cc1ccccc1OCc1nn([C@@H]2CCN(C(=O)OC(C)C)C2)c2ccc(-c3ccc4ccnc(N)c4c3)cc12. The predicted molar refractivity (Wildman–Crippen MR) is 173 cm³/mol. The fraction of sp³-hybridized carbons (Fsp3) is 0.314. The first-order valence-corrected chi connectivity index (χ1v) is 15.3. The molecule has 2 aromatic heterocycles. The number of carbonyl (C=O) groups excluding carboxylic acids is 2. The Hall–Kier alpha value is -5.12. The number of anilines is 1. The summed E-state index contributed by atoms with van der Waals surface area (Å²) in [5.41, 5.74) is 10.7. The van der Waals surface area contributed by atoms with E-state index in [2.05, 4.69) is 35.3 Å². The minimum atomic E-state index is -0.307. The Balaban J connectivity index is 1.35. The van der Waals surface area contributed by atoms with E-state index in [4.69, 9.17) is 25.0 Å². The van der Waals surface area contributed by atoms with Crippen LogP contribution in [-0.2, 0) is 27.3 Å². The van der Waals surface area contributed by atoms with Crippen LogP contribution in [0.3, 0.4) is 0 Å². The second kappa shape index (κ2) is 12.9. The molecule has 1 atom stereocenters.